The van der Waals surface area contributed by atoms with Crippen molar-refractivity contribution in [2.75, 3.05) is 0 Å². The highest BCUT2D eigenvalue weighted by Crippen LogP contribution is 2.24. The van der Waals surface area contributed by atoms with Crippen LogP contribution < -0.4 is 5.32 Å². The first kappa shape index (κ1) is 18.8. The van der Waals surface area contributed by atoms with Gasteiger partial charge in [-0.3, -0.25) is 4.79 Å². The predicted molar refractivity (Wildman–Crippen MR) is 113 cm³/mol. The predicted octanol–water partition coefficient (Wildman–Crippen LogP) is 4.23. The molecule has 1 N–H and O–H groups in total. The first-order chi connectivity index (χ1) is 13.9. The SMILES string of the molecule is Cc1cc(C)nc(-n2cc(C(=O)NC(C)c3cccc4ccccc34)c(C)n2)n1. The van der Waals surface area contributed by atoms with Gasteiger partial charge in [0.15, 0.2) is 0 Å². The number of amides is 1. The minimum absolute atomic E-state index is 0.145. The zero-order valence-corrected chi connectivity index (χ0v) is 17.0. The summed E-state index contributed by atoms with van der Waals surface area (Å²) in [5.74, 6) is 0.297. The van der Waals surface area contributed by atoms with Crippen LogP contribution in [0.15, 0.2) is 54.7 Å². The third-order valence-electron chi connectivity index (χ3n) is 4.96. The summed E-state index contributed by atoms with van der Waals surface area (Å²) in [6, 6.07) is 16.1. The van der Waals surface area contributed by atoms with Crippen LogP contribution in [0.25, 0.3) is 16.7 Å². The van der Waals surface area contributed by atoms with Crippen LogP contribution in [0.1, 0.15) is 46.0 Å². The number of hydrogen-bond donors (Lipinski definition) is 1. The van der Waals surface area contributed by atoms with Gasteiger partial charge in [0.2, 0.25) is 0 Å². The van der Waals surface area contributed by atoms with Gasteiger partial charge >= 0.3 is 0 Å². The van der Waals surface area contributed by atoms with Gasteiger partial charge in [-0.2, -0.15) is 5.10 Å². The largest absolute Gasteiger partial charge is 0.345 e. The maximum Gasteiger partial charge on any atom is 0.255 e. The summed E-state index contributed by atoms with van der Waals surface area (Å²) in [5.41, 5.74) is 3.95. The smallest absolute Gasteiger partial charge is 0.255 e. The molecule has 0 bridgehead atoms. The molecule has 0 fully saturated rings. The highest BCUT2D eigenvalue weighted by atomic mass is 16.1. The standard InChI is InChI=1S/C23H23N5O/c1-14-12-15(2)25-23(24-14)28-13-21(17(4)27-28)22(29)26-16(3)19-11-7-9-18-8-5-6-10-20(18)19/h5-13,16H,1-4H3,(H,26,29). The zero-order valence-electron chi connectivity index (χ0n) is 17.0. The number of fused-ring (bicyclic) bond motifs is 1. The van der Waals surface area contributed by atoms with E-state index in [9.17, 15) is 4.79 Å². The molecule has 1 amide bonds. The Labute approximate surface area is 169 Å². The topological polar surface area (TPSA) is 72.7 Å². The number of nitrogens with zero attached hydrogens (tertiary/aromatic N) is 4. The van der Waals surface area contributed by atoms with Crippen LogP contribution in [0.2, 0.25) is 0 Å². The Hall–Kier alpha value is -3.54. The van der Waals surface area contributed by atoms with Crippen molar-refractivity contribution < 1.29 is 4.79 Å². The first-order valence-electron chi connectivity index (χ1n) is 9.60. The Morgan fingerprint density at radius 1 is 1.00 bits per heavy atom. The molecule has 0 aliphatic carbocycles. The molecule has 0 radical (unpaired) electrons. The van der Waals surface area contributed by atoms with Crippen molar-refractivity contribution in [3.8, 4) is 5.95 Å². The van der Waals surface area contributed by atoms with Gasteiger partial charge in [-0.05, 0) is 50.1 Å². The quantitative estimate of drug-likeness (QED) is 0.570. The molecule has 146 valence electrons. The lowest BCUT2D eigenvalue weighted by Gasteiger charge is -2.16. The van der Waals surface area contributed by atoms with Crippen molar-refractivity contribution in [2.45, 2.75) is 33.7 Å². The number of rotatable bonds is 4. The van der Waals surface area contributed by atoms with E-state index >= 15 is 0 Å². The average molecular weight is 385 g/mol. The fourth-order valence-corrected chi connectivity index (χ4v) is 3.58. The fraction of sp³-hybridized carbons (Fsp3) is 0.217. The van der Waals surface area contributed by atoms with Crippen molar-refractivity contribution in [2.24, 2.45) is 0 Å². The summed E-state index contributed by atoms with van der Waals surface area (Å²) in [6.07, 6.45) is 1.69. The van der Waals surface area contributed by atoms with Crippen molar-refractivity contribution in [3.05, 3.63) is 82.9 Å². The lowest BCUT2D eigenvalue weighted by Crippen LogP contribution is -2.27. The number of nitrogens with one attached hydrogen (secondary N) is 1. The van der Waals surface area contributed by atoms with Crippen molar-refractivity contribution >= 4 is 16.7 Å². The van der Waals surface area contributed by atoms with Crippen molar-refractivity contribution in [1.82, 2.24) is 25.1 Å². The van der Waals surface area contributed by atoms with E-state index in [2.05, 4.69) is 38.6 Å². The summed E-state index contributed by atoms with van der Waals surface area (Å²) >= 11 is 0. The summed E-state index contributed by atoms with van der Waals surface area (Å²) in [5, 5.41) is 9.84. The monoisotopic (exact) mass is 385 g/mol. The molecule has 2 heterocycles. The molecule has 1 unspecified atom stereocenters. The number of carbonyl (C=O) groups is 1. The van der Waals surface area contributed by atoms with Gasteiger partial charge in [-0.1, -0.05) is 42.5 Å². The van der Waals surface area contributed by atoms with E-state index in [0.717, 1.165) is 27.7 Å². The molecular formula is C23H23N5O. The van der Waals surface area contributed by atoms with E-state index in [4.69, 9.17) is 0 Å². The number of aryl methyl sites for hydroxylation is 3. The molecule has 4 rings (SSSR count). The normalized spacial score (nSPS) is 12.1. The second-order valence-corrected chi connectivity index (χ2v) is 7.29. The number of aromatic nitrogens is 4. The average Bonchev–Trinajstić information content (AvgIpc) is 3.08. The Kier molecular flexibility index (Phi) is 4.84. The molecule has 6 heteroatoms. The van der Waals surface area contributed by atoms with Gasteiger partial charge < -0.3 is 5.32 Å². The summed E-state index contributed by atoms with van der Waals surface area (Å²) < 4.78 is 1.56. The molecule has 6 nitrogen and oxygen atoms in total. The Balaban J connectivity index is 1.61. The Bertz CT molecular complexity index is 1190. The molecule has 0 aliphatic rings. The van der Waals surface area contributed by atoms with E-state index in [-0.39, 0.29) is 11.9 Å². The van der Waals surface area contributed by atoms with Gasteiger partial charge in [0.05, 0.1) is 17.3 Å². The number of benzene rings is 2. The number of hydrogen-bond acceptors (Lipinski definition) is 4. The van der Waals surface area contributed by atoms with Crippen LogP contribution in [-0.2, 0) is 0 Å². The molecule has 1 atom stereocenters. The summed E-state index contributed by atoms with van der Waals surface area (Å²) in [6.45, 7) is 7.63. The summed E-state index contributed by atoms with van der Waals surface area (Å²) in [7, 11) is 0. The molecule has 2 aromatic carbocycles. The van der Waals surface area contributed by atoms with Crippen LogP contribution in [0, 0.1) is 20.8 Å². The molecular weight excluding hydrogens is 362 g/mol. The lowest BCUT2D eigenvalue weighted by atomic mass is 9.99. The third-order valence-corrected chi connectivity index (χ3v) is 4.96. The van der Waals surface area contributed by atoms with E-state index in [1.54, 1.807) is 10.9 Å². The van der Waals surface area contributed by atoms with Crippen LogP contribution in [0.4, 0.5) is 0 Å². The molecule has 2 aromatic heterocycles. The second-order valence-electron chi connectivity index (χ2n) is 7.29. The Morgan fingerprint density at radius 2 is 1.69 bits per heavy atom. The maximum absolute atomic E-state index is 13.0. The van der Waals surface area contributed by atoms with Crippen molar-refractivity contribution in [3.63, 3.8) is 0 Å². The van der Waals surface area contributed by atoms with E-state index in [1.165, 1.54) is 0 Å². The maximum atomic E-state index is 13.0. The van der Waals surface area contributed by atoms with Crippen LogP contribution in [0.3, 0.4) is 0 Å². The minimum Gasteiger partial charge on any atom is -0.345 e. The van der Waals surface area contributed by atoms with E-state index in [0.29, 0.717) is 17.2 Å². The van der Waals surface area contributed by atoms with Gasteiger partial charge in [-0.25, -0.2) is 14.6 Å². The summed E-state index contributed by atoms with van der Waals surface area (Å²) in [4.78, 5) is 21.8. The minimum atomic E-state index is -0.168. The second kappa shape index (κ2) is 7.47. The molecule has 4 aromatic rings. The number of carbonyl (C=O) groups excluding carboxylic acids is 1. The molecule has 0 saturated carbocycles. The molecule has 0 spiro atoms. The highest BCUT2D eigenvalue weighted by molar-refractivity contribution is 5.96. The highest BCUT2D eigenvalue weighted by Gasteiger charge is 2.19. The van der Waals surface area contributed by atoms with Crippen LogP contribution in [0.5, 0.6) is 0 Å². The van der Waals surface area contributed by atoms with E-state index in [1.807, 2.05) is 58.0 Å². The fourth-order valence-electron chi connectivity index (χ4n) is 3.58. The van der Waals surface area contributed by atoms with Gasteiger partial charge in [-0.15, -0.1) is 0 Å². The van der Waals surface area contributed by atoms with Crippen molar-refractivity contribution in [1.29, 1.82) is 0 Å². The van der Waals surface area contributed by atoms with E-state index < -0.39 is 0 Å². The van der Waals surface area contributed by atoms with Gasteiger partial charge in [0.25, 0.3) is 11.9 Å². The Morgan fingerprint density at radius 3 is 2.45 bits per heavy atom. The van der Waals surface area contributed by atoms with Gasteiger partial charge in [0.1, 0.15) is 0 Å². The van der Waals surface area contributed by atoms with Crippen LogP contribution >= 0.6 is 0 Å². The van der Waals surface area contributed by atoms with Gasteiger partial charge in [0, 0.05) is 17.6 Å². The van der Waals surface area contributed by atoms with Crippen LogP contribution in [-0.4, -0.2) is 25.7 Å². The molecule has 29 heavy (non-hydrogen) atoms. The molecule has 0 saturated heterocycles. The third kappa shape index (κ3) is 3.74. The lowest BCUT2D eigenvalue weighted by molar-refractivity contribution is 0.0939. The molecule has 0 aliphatic heterocycles. The zero-order chi connectivity index (χ0) is 20.5. The first-order valence-corrected chi connectivity index (χ1v) is 9.60.